The fourth-order valence-corrected chi connectivity index (χ4v) is 3.93. The quantitative estimate of drug-likeness (QED) is 0.881. The first-order valence-corrected chi connectivity index (χ1v) is 7.68. The van der Waals surface area contributed by atoms with Gasteiger partial charge in [-0.05, 0) is 37.0 Å². The Balaban J connectivity index is 1.85. The van der Waals surface area contributed by atoms with Crippen molar-refractivity contribution in [3.63, 3.8) is 0 Å². The number of nitrogens with one attached hydrogen (secondary N) is 1. The van der Waals surface area contributed by atoms with Gasteiger partial charge in [-0.15, -0.1) is 11.3 Å². The fourth-order valence-electron chi connectivity index (χ4n) is 1.96. The summed E-state index contributed by atoms with van der Waals surface area (Å²) in [6.07, 6.45) is 2.42. The van der Waals surface area contributed by atoms with Crippen molar-refractivity contribution in [1.29, 1.82) is 0 Å². The monoisotopic (exact) mass is 270 g/mol. The summed E-state index contributed by atoms with van der Waals surface area (Å²) in [4.78, 5) is 12.8. The highest BCUT2D eigenvalue weighted by Crippen LogP contribution is 2.37. The minimum absolute atomic E-state index is 0.0684. The van der Waals surface area contributed by atoms with Gasteiger partial charge in [0.25, 0.3) is 0 Å². The zero-order valence-corrected chi connectivity index (χ0v) is 11.6. The van der Waals surface area contributed by atoms with Gasteiger partial charge in [-0.3, -0.25) is 4.79 Å². The van der Waals surface area contributed by atoms with Crippen LogP contribution >= 0.6 is 23.1 Å². The molecule has 5 heteroatoms. The van der Waals surface area contributed by atoms with E-state index in [2.05, 4.69) is 12.2 Å². The minimum atomic E-state index is -0.523. The molecule has 1 fully saturated rings. The molecule has 1 saturated heterocycles. The number of hydrogen-bond donors (Lipinski definition) is 2. The van der Waals surface area contributed by atoms with Crippen molar-refractivity contribution in [2.45, 2.75) is 30.6 Å². The number of thiophene rings is 1. The summed E-state index contributed by atoms with van der Waals surface area (Å²) in [6.45, 7) is 2.93. The molecule has 0 aromatic carbocycles. The van der Waals surface area contributed by atoms with E-state index in [0.717, 1.165) is 11.4 Å². The Bertz CT molecular complexity index is 372. The van der Waals surface area contributed by atoms with E-state index in [1.165, 1.54) is 29.9 Å². The predicted molar refractivity (Wildman–Crippen MR) is 74.4 cm³/mol. The van der Waals surface area contributed by atoms with Crippen molar-refractivity contribution in [2.24, 2.45) is 5.73 Å². The molecule has 0 spiro atoms. The topological polar surface area (TPSA) is 55.1 Å². The maximum absolute atomic E-state index is 11.9. The number of hydrogen-bond acceptors (Lipinski definition) is 4. The zero-order chi connectivity index (χ0) is 12.3. The van der Waals surface area contributed by atoms with Crippen molar-refractivity contribution in [2.75, 3.05) is 12.3 Å². The highest BCUT2D eigenvalue weighted by Gasteiger charge is 2.30. The molecule has 1 aromatic heterocycles. The summed E-state index contributed by atoms with van der Waals surface area (Å²) in [5, 5.41) is 4.92. The van der Waals surface area contributed by atoms with Gasteiger partial charge in [-0.2, -0.15) is 11.8 Å². The van der Waals surface area contributed by atoms with E-state index in [1.807, 2.05) is 29.3 Å². The molecule has 3 nitrogen and oxygen atoms in total. The molecule has 1 aliphatic heterocycles. The fraction of sp³-hybridized carbons (Fsp3) is 0.583. The van der Waals surface area contributed by atoms with E-state index in [4.69, 9.17) is 5.73 Å². The maximum Gasteiger partial charge on any atom is 0.242 e. The molecule has 2 rings (SSSR count). The van der Waals surface area contributed by atoms with Gasteiger partial charge in [0.2, 0.25) is 5.91 Å². The SMILES string of the molecule is CC1(CNC(=O)C(N)c2cccs2)CCCS1. The van der Waals surface area contributed by atoms with E-state index >= 15 is 0 Å². The first-order chi connectivity index (χ1) is 8.11. The second kappa shape index (κ2) is 5.42. The highest BCUT2D eigenvalue weighted by molar-refractivity contribution is 8.00. The molecule has 17 heavy (non-hydrogen) atoms. The molecule has 2 atom stereocenters. The van der Waals surface area contributed by atoms with Crippen LogP contribution in [0.15, 0.2) is 17.5 Å². The van der Waals surface area contributed by atoms with Gasteiger partial charge in [-0.25, -0.2) is 0 Å². The molecule has 3 N–H and O–H groups in total. The molecule has 0 radical (unpaired) electrons. The summed E-state index contributed by atoms with van der Waals surface area (Å²) < 4.78 is 0.199. The van der Waals surface area contributed by atoms with Gasteiger partial charge in [0.15, 0.2) is 0 Å². The summed E-state index contributed by atoms with van der Waals surface area (Å²) in [7, 11) is 0. The first-order valence-electron chi connectivity index (χ1n) is 5.81. The van der Waals surface area contributed by atoms with Gasteiger partial charge < -0.3 is 11.1 Å². The van der Waals surface area contributed by atoms with Gasteiger partial charge in [-0.1, -0.05) is 6.07 Å². The minimum Gasteiger partial charge on any atom is -0.353 e. The Labute approximate surface area is 110 Å². The van der Waals surface area contributed by atoms with Crippen molar-refractivity contribution < 1.29 is 4.79 Å². The van der Waals surface area contributed by atoms with Crippen LogP contribution in [0.4, 0.5) is 0 Å². The van der Waals surface area contributed by atoms with E-state index in [0.29, 0.717) is 0 Å². The number of nitrogens with two attached hydrogens (primary N) is 1. The Hall–Kier alpha value is -0.520. The summed E-state index contributed by atoms with van der Waals surface area (Å²) in [5.74, 6) is 1.13. The normalized spacial score (nSPS) is 25.8. The number of amides is 1. The van der Waals surface area contributed by atoms with Crippen molar-refractivity contribution in [3.8, 4) is 0 Å². The molecule has 0 saturated carbocycles. The molecule has 0 bridgehead atoms. The molecule has 0 aliphatic carbocycles. The van der Waals surface area contributed by atoms with Crippen LogP contribution in [0.1, 0.15) is 30.7 Å². The lowest BCUT2D eigenvalue weighted by Gasteiger charge is -2.23. The number of thioether (sulfide) groups is 1. The van der Waals surface area contributed by atoms with Crippen LogP contribution in [0.5, 0.6) is 0 Å². The molecular weight excluding hydrogens is 252 g/mol. The smallest absolute Gasteiger partial charge is 0.242 e. The Morgan fingerprint density at radius 3 is 3.12 bits per heavy atom. The van der Waals surface area contributed by atoms with E-state index in [-0.39, 0.29) is 10.7 Å². The van der Waals surface area contributed by atoms with Crippen LogP contribution in [-0.4, -0.2) is 23.0 Å². The van der Waals surface area contributed by atoms with Gasteiger partial charge in [0.1, 0.15) is 6.04 Å². The number of carbonyl (C=O) groups excluding carboxylic acids is 1. The second-order valence-corrected chi connectivity index (χ2v) is 7.27. The standard InChI is InChI=1S/C12H18N2OS2/c1-12(5-3-7-17-12)8-14-11(15)10(13)9-4-2-6-16-9/h2,4,6,10H,3,5,7-8,13H2,1H3,(H,14,15). The zero-order valence-electron chi connectivity index (χ0n) is 9.94. The summed E-state index contributed by atoms with van der Waals surface area (Å²) in [6, 6.07) is 3.30. The van der Waals surface area contributed by atoms with E-state index < -0.39 is 6.04 Å². The third-order valence-corrected chi connectivity index (χ3v) is 5.56. The lowest BCUT2D eigenvalue weighted by atomic mass is 10.1. The van der Waals surface area contributed by atoms with Crippen LogP contribution in [0, 0.1) is 0 Å². The first kappa shape index (κ1) is 12.9. The molecule has 94 valence electrons. The van der Waals surface area contributed by atoms with Crippen molar-refractivity contribution >= 4 is 29.0 Å². The molecule has 1 amide bonds. The lowest BCUT2D eigenvalue weighted by Crippen LogP contribution is -2.41. The van der Waals surface area contributed by atoms with Crippen LogP contribution in [0.3, 0.4) is 0 Å². The van der Waals surface area contributed by atoms with Gasteiger partial charge in [0, 0.05) is 16.2 Å². The number of carbonyl (C=O) groups is 1. The van der Waals surface area contributed by atoms with Crippen LogP contribution in [0.25, 0.3) is 0 Å². The van der Waals surface area contributed by atoms with Gasteiger partial charge >= 0.3 is 0 Å². The molecular formula is C12H18N2OS2. The largest absolute Gasteiger partial charge is 0.353 e. The summed E-state index contributed by atoms with van der Waals surface area (Å²) >= 11 is 3.47. The van der Waals surface area contributed by atoms with E-state index in [1.54, 1.807) is 0 Å². The average Bonchev–Trinajstić information content (AvgIpc) is 2.96. The predicted octanol–water partition coefficient (Wildman–Crippen LogP) is 2.15. The highest BCUT2D eigenvalue weighted by atomic mass is 32.2. The third kappa shape index (κ3) is 3.24. The summed E-state index contributed by atoms with van der Waals surface area (Å²) in [5.41, 5.74) is 5.90. The number of rotatable bonds is 4. The third-order valence-electron chi connectivity index (χ3n) is 3.07. The van der Waals surface area contributed by atoms with Crippen molar-refractivity contribution in [1.82, 2.24) is 5.32 Å². The maximum atomic E-state index is 11.9. The van der Waals surface area contributed by atoms with E-state index in [9.17, 15) is 4.79 Å². The average molecular weight is 270 g/mol. The molecule has 2 heterocycles. The Kier molecular flexibility index (Phi) is 4.12. The second-order valence-electron chi connectivity index (χ2n) is 4.61. The lowest BCUT2D eigenvalue weighted by molar-refractivity contribution is -0.122. The Morgan fingerprint density at radius 1 is 1.71 bits per heavy atom. The van der Waals surface area contributed by atoms with Crippen LogP contribution in [0.2, 0.25) is 0 Å². The van der Waals surface area contributed by atoms with Crippen LogP contribution < -0.4 is 11.1 Å². The molecule has 1 aliphatic rings. The van der Waals surface area contributed by atoms with Crippen molar-refractivity contribution in [3.05, 3.63) is 22.4 Å². The van der Waals surface area contributed by atoms with Gasteiger partial charge in [0.05, 0.1) is 0 Å². The molecule has 2 unspecified atom stereocenters. The Morgan fingerprint density at radius 2 is 2.53 bits per heavy atom. The molecule has 1 aromatic rings. The van der Waals surface area contributed by atoms with Crippen LogP contribution in [-0.2, 0) is 4.79 Å².